The van der Waals surface area contributed by atoms with E-state index in [1.807, 2.05) is 45.0 Å². The lowest BCUT2D eigenvalue weighted by molar-refractivity contribution is -0.121. The molecule has 0 radical (unpaired) electrons. The van der Waals surface area contributed by atoms with E-state index in [4.69, 9.17) is 0 Å². The fraction of sp³-hybridized carbons (Fsp3) is 0.368. The number of carbonyl (C=O) groups is 1. The highest BCUT2D eigenvalue weighted by Gasteiger charge is 2.17. The van der Waals surface area contributed by atoms with E-state index in [9.17, 15) is 14.4 Å². The minimum Gasteiger partial charge on any atom is -0.350 e. The lowest BCUT2D eigenvalue weighted by atomic mass is 10.1. The number of aromatic nitrogens is 3. The monoisotopic (exact) mass is 386 g/mol. The number of fused-ring (bicyclic) bond motifs is 1. The van der Waals surface area contributed by atoms with E-state index in [-0.39, 0.29) is 30.4 Å². The van der Waals surface area contributed by atoms with E-state index < -0.39 is 11.2 Å². The van der Waals surface area contributed by atoms with Crippen LogP contribution in [-0.4, -0.2) is 19.4 Å². The standard InChI is InChI=1S/C19H22N4O3S/c1-12(2)9-23-18(25)17-15(11-27-21-17)22(19(23)26)10-16(24)20-8-14-6-4-13(3)5-7-14/h4-7,11-12H,8-10H2,1-3H3,(H,20,24). The lowest BCUT2D eigenvalue weighted by Gasteiger charge is -2.13. The summed E-state index contributed by atoms with van der Waals surface area (Å²) < 4.78 is 6.61. The number of nitrogens with one attached hydrogen (secondary N) is 1. The molecule has 2 heterocycles. The minimum absolute atomic E-state index is 0.121. The Labute approximate surface area is 160 Å². The molecule has 0 aliphatic carbocycles. The topological polar surface area (TPSA) is 86.0 Å². The largest absolute Gasteiger partial charge is 0.350 e. The van der Waals surface area contributed by atoms with Gasteiger partial charge in [-0.05, 0) is 29.9 Å². The van der Waals surface area contributed by atoms with Gasteiger partial charge in [0.2, 0.25) is 5.91 Å². The van der Waals surface area contributed by atoms with Crippen molar-refractivity contribution in [1.29, 1.82) is 0 Å². The molecule has 1 aromatic carbocycles. The van der Waals surface area contributed by atoms with Gasteiger partial charge in [0.05, 0.1) is 5.52 Å². The summed E-state index contributed by atoms with van der Waals surface area (Å²) in [4.78, 5) is 37.7. The third-order valence-corrected chi connectivity index (χ3v) is 4.83. The number of benzene rings is 1. The van der Waals surface area contributed by atoms with Gasteiger partial charge in [0.25, 0.3) is 5.56 Å². The van der Waals surface area contributed by atoms with Gasteiger partial charge in [-0.25, -0.2) is 4.79 Å². The van der Waals surface area contributed by atoms with Crippen LogP contribution in [0.3, 0.4) is 0 Å². The fourth-order valence-corrected chi connectivity index (χ4v) is 3.49. The highest BCUT2D eigenvalue weighted by atomic mass is 32.1. The average molecular weight is 386 g/mol. The molecule has 1 amide bonds. The maximum absolute atomic E-state index is 12.8. The number of hydrogen-bond donors (Lipinski definition) is 1. The van der Waals surface area contributed by atoms with Gasteiger partial charge in [0.15, 0.2) is 5.52 Å². The molecule has 3 rings (SSSR count). The Morgan fingerprint density at radius 3 is 2.56 bits per heavy atom. The molecule has 142 valence electrons. The van der Waals surface area contributed by atoms with E-state index >= 15 is 0 Å². The summed E-state index contributed by atoms with van der Waals surface area (Å²) in [5.74, 6) is -0.171. The van der Waals surface area contributed by atoms with Crippen LogP contribution < -0.4 is 16.6 Å². The Balaban J connectivity index is 1.86. The molecule has 0 aliphatic heterocycles. The van der Waals surface area contributed by atoms with Crippen LogP contribution in [0.1, 0.15) is 25.0 Å². The van der Waals surface area contributed by atoms with Gasteiger partial charge >= 0.3 is 5.69 Å². The maximum Gasteiger partial charge on any atom is 0.332 e. The number of amides is 1. The van der Waals surface area contributed by atoms with Crippen molar-refractivity contribution < 1.29 is 4.79 Å². The maximum atomic E-state index is 12.8. The quantitative estimate of drug-likeness (QED) is 0.701. The number of nitrogens with zero attached hydrogens (tertiary/aromatic N) is 3. The van der Waals surface area contributed by atoms with Crippen LogP contribution in [0.2, 0.25) is 0 Å². The highest BCUT2D eigenvalue weighted by molar-refractivity contribution is 7.04. The van der Waals surface area contributed by atoms with E-state index in [1.54, 1.807) is 5.38 Å². The van der Waals surface area contributed by atoms with Crippen LogP contribution in [0.5, 0.6) is 0 Å². The fourth-order valence-electron chi connectivity index (χ4n) is 2.82. The molecular weight excluding hydrogens is 364 g/mol. The normalized spacial score (nSPS) is 11.3. The zero-order chi connectivity index (χ0) is 19.6. The first-order valence-corrected chi connectivity index (χ1v) is 9.60. The van der Waals surface area contributed by atoms with E-state index in [0.29, 0.717) is 12.1 Å². The number of hydrogen-bond acceptors (Lipinski definition) is 5. The first-order valence-electron chi connectivity index (χ1n) is 8.76. The van der Waals surface area contributed by atoms with Crippen molar-refractivity contribution in [3.8, 4) is 0 Å². The molecule has 2 aromatic heterocycles. The smallest absolute Gasteiger partial charge is 0.332 e. The van der Waals surface area contributed by atoms with Crippen molar-refractivity contribution in [2.45, 2.75) is 40.4 Å². The second-order valence-electron chi connectivity index (χ2n) is 6.99. The molecular formula is C19H22N4O3S. The Kier molecular flexibility index (Phi) is 5.55. The van der Waals surface area contributed by atoms with Gasteiger partial charge in [-0.3, -0.25) is 18.7 Å². The summed E-state index contributed by atoms with van der Waals surface area (Å²) in [6.07, 6.45) is 0. The summed E-state index contributed by atoms with van der Waals surface area (Å²) >= 11 is 1.10. The first kappa shape index (κ1) is 19.0. The molecule has 7 nitrogen and oxygen atoms in total. The van der Waals surface area contributed by atoms with Crippen LogP contribution >= 0.6 is 11.5 Å². The zero-order valence-corrected chi connectivity index (χ0v) is 16.4. The Morgan fingerprint density at radius 2 is 1.89 bits per heavy atom. The molecule has 0 saturated heterocycles. The predicted molar refractivity (Wildman–Crippen MR) is 106 cm³/mol. The van der Waals surface area contributed by atoms with Gasteiger partial charge < -0.3 is 5.32 Å². The molecule has 0 bridgehead atoms. The Morgan fingerprint density at radius 1 is 1.19 bits per heavy atom. The molecule has 0 unspecified atom stereocenters. The van der Waals surface area contributed by atoms with Gasteiger partial charge in [0, 0.05) is 18.5 Å². The molecule has 0 saturated carbocycles. The molecule has 0 fully saturated rings. The average Bonchev–Trinajstić information content (AvgIpc) is 3.11. The van der Waals surface area contributed by atoms with Crippen LogP contribution in [0.25, 0.3) is 11.0 Å². The second kappa shape index (κ2) is 7.87. The number of aryl methyl sites for hydroxylation is 1. The molecule has 0 aliphatic rings. The molecule has 3 aromatic rings. The lowest BCUT2D eigenvalue weighted by Crippen LogP contribution is -2.43. The molecule has 0 atom stereocenters. The number of rotatable bonds is 6. The molecule has 0 spiro atoms. The molecule has 1 N–H and O–H groups in total. The van der Waals surface area contributed by atoms with Crippen LogP contribution in [-0.2, 0) is 24.4 Å². The third-order valence-electron chi connectivity index (χ3n) is 4.21. The Hall–Kier alpha value is -2.74. The van der Waals surface area contributed by atoms with Gasteiger partial charge in [-0.1, -0.05) is 43.7 Å². The van der Waals surface area contributed by atoms with Crippen LogP contribution in [0.15, 0.2) is 39.2 Å². The predicted octanol–water partition coefficient (Wildman–Crippen LogP) is 1.90. The van der Waals surface area contributed by atoms with E-state index in [0.717, 1.165) is 22.7 Å². The van der Waals surface area contributed by atoms with E-state index in [2.05, 4.69) is 9.69 Å². The van der Waals surface area contributed by atoms with Crippen molar-refractivity contribution in [2.75, 3.05) is 0 Å². The van der Waals surface area contributed by atoms with E-state index in [1.165, 1.54) is 9.13 Å². The minimum atomic E-state index is -0.480. The van der Waals surface area contributed by atoms with Crippen molar-refractivity contribution >= 4 is 28.5 Å². The van der Waals surface area contributed by atoms with Gasteiger partial charge in [0.1, 0.15) is 6.54 Å². The van der Waals surface area contributed by atoms with Crippen molar-refractivity contribution in [2.24, 2.45) is 5.92 Å². The second-order valence-corrected chi connectivity index (χ2v) is 7.62. The number of carbonyl (C=O) groups excluding carboxylic acids is 1. The summed E-state index contributed by atoms with van der Waals surface area (Å²) in [5.41, 5.74) is 1.88. The summed E-state index contributed by atoms with van der Waals surface area (Å²) in [7, 11) is 0. The summed E-state index contributed by atoms with van der Waals surface area (Å²) in [5, 5.41) is 4.45. The summed E-state index contributed by atoms with van der Waals surface area (Å²) in [6, 6.07) is 7.86. The SMILES string of the molecule is Cc1ccc(CNC(=O)Cn2c(=O)n(CC(C)C)c(=O)c3nscc32)cc1. The van der Waals surface area contributed by atoms with Crippen molar-refractivity contribution in [3.05, 3.63) is 61.6 Å². The van der Waals surface area contributed by atoms with Crippen LogP contribution in [0, 0.1) is 12.8 Å². The summed E-state index contributed by atoms with van der Waals surface area (Å²) in [6.45, 7) is 6.37. The van der Waals surface area contributed by atoms with Gasteiger partial charge in [-0.2, -0.15) is 4.37 Å². The first-order chi connectivity index (χ1) is 12.9. The van der Waals surface area contributed by atoms with Gasteiger partial charge in [-0.15, -0.1) is 0 Å². The van der Waals surface area contributed by atoms with Crippen molar-refractivity contribution in [1.82, 2.24) is 18.8 Å². The van der Waals surface area contributed by atoms with Crippen molar-refractivity contribution in [3.63, 3.8) is 0 Å². The molecule has 27 heavy (non-hydrogen) atoms. The molecule has 8 heteroatoms. The highest BCUT2D eigenvalue weighted by Crippen LogP contribution is 2.10. The third kappa shape index (κ3) is 4.16. The Bertz CT molecular complexity index is 1080. The van der Waals surface area contributed by atoms with Crippen LogP contribution in [0.4, 0.5) is 0 Å². The zero-order valence-electron chi connectivity index (χ0n) is 15.6.